The van der Waals surface area contributed by atoms with Crippen molar-refractivity contribution in [2.75, 3.05) is 52.5 Å². The van der Waals surface area contributed by atoms with Crippen LogP contribution in [0.5, 0.6) is 11.5 Å². The smallest absolute Gasteiger partial charge is 0.200 e. The van der Waals surface area contributed by atoms with Crippen molar-refractivity contribution < 1.29 is 13.9 Å². The number of fused-ring (bicyclic) bond motifs is 2. The lowest BCUT2D eigenvalue weighted by atomic mass is 10.1. The molecule has 6 heteroatoms. The highest BCUT2D eigenvalue weighted by Crippen LogP contribution is 2.26. The summed E-state index contributed by atoms with van der Waals surface area (Å²) in [5.74, 6) is 1.47. The van der Waals surface area contributed by atoms with Gasteiger partial charge in [0.25, 0.3) is 0 Å². The monoisotopic (exact) mass is 450 g/mol. The molecule has 1 aromatic heterocycles. The molecule has 6 nitrogen and oxygen atoms in total. The summed E-state index contributed by atoms with van der Waals surface area (Å²) in [6, 6.07) is 11.0. The second-order valence-electron chi connectivity index (χ2n) is 9.25. The van der Waals surface area contributed by atoms with Gasteiger partial charge in [0.05, 0.1) is 24.0 Å². The summed E-state index contributed by atoms with van der Waals surface area (Å²) < 4.78 is 18.0. The molecule has 2 aromatic carbocycles. The van der Waals surface area contributed by atoms with Gasteiger partial charge in [-0.05, 0) is 89.0 Å². The van der Waals surface area contributed by atoms with E-state index in [-0.39, 0.29) is 5.43 Å². The van der Waals surface area contributed by atoms with Crippen molar-refractivity contribution in [1.82, 2.24) is 9.80 Å². The van der Waals surface area contributed by atoms with Gasteiger partial charge in [0, 0.05) is 25.2 Å². The van der Waals surface area contributed by atoms with Gasteiger partial charge in [0.1, 0.15) is 22.7 Å². The van der Waals surface area contributed by atoms with E-state index in [1.165, 1.54) is 51.9 Å². The highest BCUT2D eigenvalue weighted by molar-refractivity contribution is 5.90. The predicted molar refractivity (Wildman–Crippen MR) is 132 cm³/mol. The maximum Gasteiger partial charge on any atom is 0.200 e. The molecule has 0 spiro atoms. The van der Waals surface area contributed by atoms with Crippen LogP contribution in [0.1, 0.15) is 38.5 Å². The largest absolute Gasteiger partial charge is 0.493 e. The van der Waals surface area contributed by atoms with Gasteiger partial charge in [-0.2, -0.15) is 0 Å². The van der Waals surface area contributed by atoms with Crippen LogP contribution in [0.15, 0.2) is 45.6 Å². The van der Waals surface area contributed by atoms with E-state index < -0.39 is 0 Å². The summed E-state index contributed by atoms with van der Waals surface area (Å²) in [7, 11) is 0. The standard InChI is InChI=1S/C27H34N2O4/c30-27-23-9-7-21(31-17-5-15-28-11-1-2-12-28)19-25(23)33-26-20-22(8-10-24(26)27)32-18-6-16-29-13-3-4-14-29/h7-10,19-20H,1-6,11-18H2. The van der Waals surface area contributed by atoms with E-state index >= 15 is 0 Å². The Balaban J connectivity index is 1.23. The third kappa shape index (κ3) is 5.50. The van der Waals surface area contributed by atoms with E-state index in [2.05, 4.69) is 9.80 Å². The third-order valence-corrected chi connectivity index (χ3v) is 6.79. The van der Waals surface area contributed by atoms with Crippen LogP contribution in [0.2, 0.25) is 0 Å². The predicted octanol–water partition coefficient (Wildman–Crippen LogP) is 4.68. The van der Waals surface area contributed by atoms with Crippen molar-refractivity contribution in [3.05, 3.63) is 46.6 Å². The van der Waals surface area contributed by atoms with Gasteiger partial charge in [0.2, 0.25) is 5.43 Å². The fourth-order valence-electron chi connectivity index (χ4n) is 4.96. The van der Waals surface area contributed by atoms with E-state index in [0.717, 1.165) is 37.4 Å². The molecule has 3 heterocycles. The van der Waals surface area contributed by atoms with Crippen molar-refractivity contribution in [2.45, 2.75) is 38.5 Å². The van der Waals surface area contributed by atoms with Gasteiger partial charge >= 0.3 is 0 Å². The van der Waals surface area contributed by atoms with Crippen LogP contribution in [0, 0.1) is 0 Å². The lowest BCUT2D eigenvalue weighted by Crippen LogP contribution is -2.21. The molecule has 0 saturated carbocycles. The summed E-state index contributed by atoms with van der Waals surface area (Å²) in [6.45, 7) is 8.31. The molecule has 0 atom stereocenters. The summed E-state index contributed by atoms with van der Waals surface area (Å²) in [5, 5.41) is 1.15. The second-order valence-corrected chi connectivity index (χ2v) is 9.25. The topological polar surface area (TPSA) is 55.1 Å². The zero-order chi connectivity index (χ0) is 22.5. The Kier molecular flexibility index (Phi) is 7.12. The number of benzene rings is 2. The molecule has 2 saturated heterocycles. The lowest BCUT2D eigenvalue weighted by Gasteiger charge is -2.14. The van der Waals surface area contributed by atoms with Crippen LogP contribution in [-0.4, -0.2) is 62.3 Å². The molecule has 33 heavy (non-hydrogen) atoms. The molecule has 3 aromatic rings. The number of ether oxygens (including phenoxy) is 2. The number of likely N-dealkylation sites (tertiary alicyclic amines) is 2. The molecule has 0 bridgehead atoms. The summed E-state index contributed by atoms with van der Waals surface area (Å²) in [6.07, 6.45) is 7.23. The molecule has 0 aliphatic carbocycles. The van der Waals surface area contributed by atoms with Gasteiger partial charge < -0.3 is 23.7 Å². The molecular weight excluding hydrogens is 416 g/mol. The fraction of sp³-hybridized carbons (Fsp3) is 0.519. The molecule has 176 valence electrons. The number of hydrogen-bond acceptors (Lipinski definition) is 6. The third-order valence-electron chi connectivity index (χ3n) is 6.79. The van der Waals surface area contributed by atoms with Crippen LogP contribution in [0.4, 0.5) is 0 Å². The van der Waals surface area contributed by atoms with Crippen LogP contribution >= 0.6 is 0 Å². The van der Waals surface area contributed by atoms with Crippen LogP contribution < -0.4 is 14.9 Å². The minimum absolute atomic E-state index is 0.0209. The Bertz CT molecular complexity index is 1050. The summed E-state index contributed by atoms with van der Waals surface area (Å²) in [4.78, 5) is 17.9. The van der Waals surface area contributed by atoms with E-state index in [1.807, 2.05) is 24.3 Å². The van der Waals surface area contributed by atoms with Gasteiger partial charge in [0.15, 0.2) is 0 Å². The minimum atomic E-state index is -0.0209. The van der Waals surface area contributed by atoms with Crippen molar-refractivity contribution >= 4 is 21.9 Å². The SMILES string of the molecule is O=c1c2ccc(OCCCN3CCCC3)cc2oc2cc(OCCCN3CCCC3)ccc12. The Morgan fingerprint density at radius 3 is 1.61 bits per heavy atom. The van der Waals surface area contributed by atoms with E-state index in [0.29, 0.717) is 35.2 Å². The molecule has 0 amide bonds. The zero-order valence-electron chi connectivity index (χ0n) is 19.4. The highest BCUT2D eigenvalue weighted by atomic mass is 16.5. The average Bonchev–Trinajstić information content (AvgIpc) is 3.54. The Hall–Kier alpha value is -2.57. The van der Waals surface area contributed by atoms with Crippen LogP contribution in [0.25, 0.3) is 21.9 Å². The summed E-state index contributed by atoms with van der Waals surface area (Å²) >= 11 is 0. The number of rotatable bonds is 10. The van der Waals surface area contributed by atoms with Crippen molar-refractivity contribution in [3.63, 3.8) is 0 Å². The first kappa shape index (κ1) is 22.2. The number of hydrogen-bond donors (Lipinski definition) is 0. The molecule has 0 radical (unpaired) electrons. The van der Waals surface area contributed by atoms with Gasteiger partial charge in [-0.1, -0.05) is 0 Å². The molecule has 5 rings (SSSR count). The molecule has 2 aliphatic heterocycles. The van der Waals surface area contributed by atoms with Gasteiger partial charge in [-0.15, -0.1) is 0 Å². The van der Waals surface area contributed by atoms with Gasteiger partial charge in [-0.3, -0.25) is 4.79 Å². The fourth-order valence-corrected chi connectivity index (χ4v) is 4.96. The Labute approximate surface area is 195 Å². The Morgan fingerprint density at radius 1 is 0.697 bits per heavy atom. The maximum absolute atomic E-state index is 13.0. The van der Waals surface area contributed by atoms with E-state index in [4.69, 9.17) is 13.9 Å². The molecule has 2 aliphatic rings. The quantitative estimate of drug-likeness (QED) is 0.330. The van der Waals surface area contributed by atoms with Gasteiger partial charge in [-0.25, -0.2) is 0 Å². The molecular formula is C27H34N2O4. The lowest BCUT2D eigenvalue weighted by molar-refractivity contribution is 0.263. The second kappa shape index (κ2) is 10.6. The maximum atomic E-state index is 13.0. The normalized spacial score (nSPS) is 17.3. The highest BCUT2D eigenvalue weighted by Gasteiger charge is 2.13. The summed E-state index contributed by atoms with van der Waals surface area (Å²) in [5.41, 5.74) is 1.08. The van der Waals surface area contributed by atoms with E-state index in [1.54, 1.807) is 12.1 Å². The average molecular weight is 451 g/mol. The zero-order valence-corrected chi connectivity index (χ0v) is 19.4. The first-order valence-corrected chi connectivity index (χ1v) is 12.5. The molecule has 0 N–H and O–H groups in total. The van der Waals surface area contributed by atoms with Crippen LogP contribution in [-0.2, 0) is 0 Å². The number of nitrogens with zero attached hydrogens (tertiary/aromatic N) is 2. The first-order chi connectivity index (χ1) is 16.3. The molecule has 2 fully saturated rings. The van der Waals surface area contributed by atoms with E-state index in [9.17, 15) is 4.79 Å². The van der Waals surface area contributed by atoms with Crippen molar-refractivity contribution in [2.24, 2.45) is 0 Å². The first-order valence-electron chi connectivity index (χ1n) is 12.5. The van der Waals surface area contributed by atoms with Crippen molar-refractivity contribution in [3.8, 4) is 11.5 Å². The van der Waals surface area contributed by atoms with Crippen molar-refractivity contribution in [1.29, 1.82) is 0 Å². The minimum Gasteiger partial charge on any atom is -0.493 e. The van der Waals surface area contributed by atoms with Crippen LogP contribution in [0.3, 0.4) is 0 Å². The Morgan fingerprint density at radius 2 is 1.15 bits per heavy atom. The molecule has 0 unspecified atom stereocenters.